The highest BCUT2D eigenvalue weighted by molar-refractivity contribution is 9.10. The summed E-state index contributed by atoms with van der Waals surface area (Å²) >= 11 is 3.14. The molecule has 0 saturated heterocycles. The van der Waals surface area contributed by atoms with E-state index < -0.39 is 6.04 Å². The van der Waals surface area contributed by atoms with Gasteiger partial charge in [-0.3, -0.25) is 0 Å². The molecule has 0 heterocycles. The molecule has 68 valence electrons. The maximum atomic E-state index is 13.2. The van der Waals surface area contributed by atoms with E-state index in [-0.39, 0.29) is 12.2 Å². The first-order chi connectivity index (χ1) is 6.15. The lowest BCUT2D eigenvalue weighted by Crippen LogP contribution is -2.11. The number of rotatable bonds is 2. The Labute approximate surface area is 84.3 Å². The van der Waals surface area contributed by atoms with Crippen molar-refractivity contribution in [2.24, 2.45) is 5.73 Å². The van der Waals surface area contributed by atoms with Crippen molar-refractivity contribution in [3.8, 4) is 6.07 Å². The molecule has 1 aromatic rings. The minimum absolute atomic E-state index is 0.124. The summed E-state index contributed by atoms with van der Waals surface area (Å²) in [6.07, 6.45) is 0.124. The molecule has 2 N–H and O–H groups in total. The van der Waals surface area contributed by atoms with Crippen molar-refractivity contribution in [1.29, 1.82) is 5.26 Å². The van der Waals surface area contributed by atoms with Gasteiger partial charge >= 0.3 is 0 Å². The predicted octanol–water partition coefficient (Wildman–Crippen LogP) is 2.50. The molecule has 0 bridgehead atoms. The standard InChI is InChI=1S/C9H8BrFN2/c10-6-1-2-7(8(11)5-6)9(13)3-4-12/h1-2,5,9H,3,13H2/t9-/m0/s1. The smallest absolute Gasteiger partial charge is 0.129 e. The van der Waals surface area contributed by atoms with Crippen LogP contribution < -0.4 is 5.73 Å². The molecule has 13 heavy (non-hydrogen) atoms. The van der Waals surface area contributed by atoms with Crippen LogP contribution >= 0.6 is 15.9 Å². The fraction of sp³-hybridized carbons (Fsp3) is 0.222. The van der Waals surface area contributed by atoms with E-state index in [0.717, 1.165) is 0 Å². The number of nitrogens with zero attached hydrogens (tertiary/aromatic N) is 1. The highest BCUT2D eigenvalue weighted by atomic mass is 79.9. The molecule has 0 radical (unpaired) electrons. The van der Waals surface area contributed by atoms with Crippen molar-refractivity contribution in [1.82, 2.24) is 0 Å². The van der Waals surface area contributed by atoms with Gasteiger partial charge in [0.25, 0.3) is 0 Å². The number of hydrogen-bond acceptors (Lipinski definition) is 2. The Morgan fingerprint density at radius 1 is 1.62 bits per heavy atom. The van der Waals surface area contributed by atoms with Gasteiger partial charge in [0.15, 0.2) is 0 Å². The predicted molar refractivity (Wildman–Crippen MR) is 51.3 cm³/mol. The molecular formula is C9H8BrFN2. The van der Waals surface area contributed by atoms with Gasteiger partial charge in [-0.1, -0.05) is 22.0 Å². The first-order valence-corrected chi connectivity index (χ1v) is 4.52. The fourth-order valence-electron chi connectivity index (χ4n) is 1.01. The van der Waals surface area contributed by atoms with Crippen LogP contribution in [0, 0.1) is 17.1 Å². The monoisotopic (exact) mass is 242 g/mol. The van der Waals surface area contributed by atoms with E-state index in [4.69, 9.17) is 11.0 Å². The summed E-state index contributed by atoms with van der Waals surface area (Å²) in [7, 11) is 0. The highest BCUT2D eigenvalue weighted by Gasteiger charge is 2.10. The van der Waals surface area contributed by atoms with Gasteiger partial charge in [0.2, 0.25) is 0 Å². The van der Waals surface area contributed by atoms with Gasteiger partial charge in [0.1, 0.15) is 5.82 Å². The minimum atomic E-state index is -0.543. The summed E-state index contributed by atoms with van der Waals surface area (Å²) in [5, 5.41) is 8.38. The Morgan fingerprint density at radius 3 is 2.85 bits per heavy atom. The fourth-order valence-corrected chi connectivity index (χ4v) is 1.34. The zero-order valence-corrected chi connectivity index (χ0v) is 8.38. The van der Waals surface area contributed by atoms with Crippen LogP contribution in [0.25, 0.3) is 0 Å². The van der Waals surface area contributed by atoms with Crippen molar-refractivity contribution in [3.63, 3.8) is 0 Å². The van der Waals surface area contributed by atoms with Crippen molar-refractivity contribution in [2.45, 2.75) is 12.5 Å². The third-order valence-corrected chi connectivity index (χ3v) is 2.17. The molecule has 1 rings (SSSR count). The van der Waals surface area contributed by atoms with Gasteiger partial charge in [-0.15, -0.1) is 0 Å². The average molecular weight is 243 g/mol. The summed E-state index contributed by atoms with van der Waals surface area (Å²) in [5.74, 6) is -0.378. The van der Waals surface area contributed by atoms with E-state index in [9.17, 15) is 4.39 Å². The molecule has 1 atom stereocenters. The van der Waals surface area contributed by atoms with Crippen molar-refractivity contribution in [2.75, 3.05) is 0 Å². The van der Waals surface area contributed by atoms with Gasteiger partial charge in [-0.2, -0.15) is 5.26 Å². The molecule has 0 saturated carbocycles. The lowest BCUT2D eigenvalue weighted by molar-refractivity contribution is 0.584. The summed E-state index contributed by atoms with van der Waals surface area (Å²) in [6, 6.07) is 5.99. The molecule has 0 aliphatic heterocycles. The third kappa shape index (κ3) is 2.51. The van der Waals surface area contributed by atoms with Crippen LogP contribution in [0.2, 0.25) is 0 Å². The minimum Gasteiger partial charge on any atom is -0.323 e. The van der Waals surface area contributed by atoms with Crippen molar-refractivity contribution >= 4 is 15.9 Å². The van der Waals surface area contributed by atoms with E-state index in [2.05, 4.69) is 15.9 Å². The van der Waals surface area contributed by atoms with Crippen LogP contribution in [0.1, 0.15) is 18.0 Å². The molecule has 0 unspecified atom stereocenters. The summed E-state index contributed by atoms with van der Waals surface area (Å²) in [5.41, 5.74) is 5.96. The third-order valence-electron chi connectivity index (χ3n) is 1.67. The largest absolute Gasteiger partial charge is 0.323 e. The van der Waals surface area contributed by atoms with E-state index in [1.807, 2.05) is 6.07 Å². The molecule has 0 aromatic heterocycles. The van der Waals surface area contributed by atoms with Crippen LogP contribution in [-0.4, -0.2) is 0 Å². The van der Waals surface area contributed by atoms with Gasteiger partial charge in [0.05, 0.1) is 12.5 Å². The topological polar surface area (TPSA) is 49.8 Å². The Hall–Kier alpha value is -0.920. The van der Waals surface area contributed by atoms with E-state index >= 15 is 0 Å². The molecule has 0 amide bonds. The molecule has 1 aromatic carbocycles. The quantitative estimate of drug-likeness (QED) is 0.867. The maximum absolute atomic E-state index is 13.2. The Balaban J connectivity index is 2.96. The van der Waals surface area contributed by atoms with Crippen LogP contribution in [-0.2, 0) is 0 Å². The van der Waals surface area contributed by atoms with Gasteiger partial charge in [-0.05, 0) is 12.1 Å². The van der Waals surface area contributed by atoms with E-state index in [1.165, 1.54) is 6.07 Å². The highest BCUT2D eigenvalue weighted by Crippen LogP contribution is 2.21. The zero-order chi connectivity index (χ0) is 9.84. The molecule has 4 heteroatoms. The molecule has 0 spiro atoms. The first kappa shape index (κ1) is 10.2. The second kappa shape index (κ2) is 4.35. The Kier molecular flexibility index (Phi) is 3.40. The van der Waals surface area contributed by atoms with Crippen molar-refractivity contribution < 1.29 is 4.39 Å². The van der Waals surface area contributed by atoms with Gasteiger partial charge < -0.3 is 5.73 Å². The SMILES string of the molecule is N#CC[C@H](N)c1ccc(Br)cc1F. The Morgan fingerprint density at radius 2 is 2.31 bits per heavy atom. The zero-order valence-electron chi connectivity index (χ0n) is 6.80. The summed E-state index contributed by atoms with van der Waals surface area (Å²) in [6.45, 7) is 0. The molecule has 0 aliphatic rings. The van der Waals surface area contributed by atoms with Crippen LogP contribution in [0.3, 0.4) is 0 Å². The number of nitrogens with two attached hydrogens (primary N) is 1. The second-order valence-electron chi connectivity index (χ2n) is 2.63. The number of hydrogen-bond donors (Lipinski definition) is 1. The summed E-state index contributed by atoms with van der Waals surface area (Å²) < 4.78 is 13.9. The second-order valence-corrected chi connectivity index (χ2v) is 3.55. The lowest BCUT2D eigenvalue weighted by Gasteiger charge is -2.08. The molecular weight excluding hydrogens is 235 g/mol. The van der Waals surface area contributed by atoms with Crippen molar-refractivity contribution in [3.05, 3.63) is 34.1 Å². The normalized spacial score (nSPS) is 12.2. The Bertz CT molecular complexity index is 346. The first-order valence-electron chi connectivity index (χ1n) is 3.72. The molecule has 0 fully saturated rings. The number of nitriles is 1. The van der Waals surface area contributed by atoms with E-state index in [1.54, 1.807) is 12.1 Å². The number of halogens is 2. The maximum Gasteiger partial charge on any atom is 0.129 e. The lowest BCUT2D eigenvalue weighted by atomic mass is 10.1. The van der Waals surface area contributed by atoms with E-state index in [0.29, 0.717) is 10.0 Å². The average Bonchev–Trinajstić information content (AvgIpc) is 2.04. The van der Waals surface area contributed by atoms with Crippen LogP contribution in [0.5, 0.6) is 0 Å². The van der Waals surface area contributed by atoms with Crippen LogP contribution in [0.4, 0.5) is 4.39 Å². The van der Waals surface area contributed by atoms with Gasteiger partial charge in [0, 0.05) is 16.1 Å². The number of benzene rings is 1. The molecule has 2 nitrogen and oxygen atoms in total. The van der Waals surface area contributed by atoms with Crippen LogP contribution in [0.15, 0.2) is 22.7 Å². The summed E-state index contributed by atoms with van der Waals surface area (Å²) in [4.78, 5) is 0. The van der Waals surface area contributed by atoms with Gasteiger partial charge in [-0.25, -0.2) is 4.39 Å². The molecule has 0 aliphatic carbocycles.